The second kappa shape index (κ2) is 10.8. The highest BCUT2D eigenvalue weighted by atomic mass is 16.5. The first kappa shape index (κ1) is 21.9. The van der Waals surface area contributed by atoms with Gasteiger partial charge in [-0.05, 0) is 51.5 Å². The standard InChI is InChI=1S/C21H31N3O4/c1-5-27-20(25)11-8-18-6-9-19(10-7-18)23-21(26)22-12-15(2)24-13-16(3)28-17(4)14-24/h6-11,15-17H,5,12-14H2,1-4H3,(H2,22,23,26)/b11-8+/t15-,16-,17-/m1/s1. The van der Waals surface area contributed by atoms with Gasteiger partial charge in [-0.3, -0.25) is 4.90 Å². The number of benzene rings is 1. The van der Waals surface area contributed by atoms with Crippen LogP contribution in [0.1, 0.15) is 33.3 Å². The van der Waals surface area contributed by atoms with Gasteiger partial charge in [-0.25, -0.2) is 9.59 Å². The number of amides is 2. The van der Waals surface area contributed by atoms with Gasteiger partial charge in [0, 0.05) is 37.4 Å². The molecule has 1 aliphatic heterocycles. The zero-order valence-electron chi connectivity index (χ0n) is 17.1. The van der Waals surface area contributed by atoms with Crippen LogP contribution in [-0.4, -0.2) is 61.4 Å². The zero-order chi connectivity index (χ0) is 20.5. The summed E-state index contributed by atoms with van der Waals surface area (Å²) in [6, 6.07) is 7.22. The fraction of sp³-hybridized carbons (Fsp3) is 0.524. The van der Waals surface area contributed by atoms with Crippen LogP contribution >= 0.6 is 0 Å². The van der Waals surface area contributed by atoms with Gasteiger partial charge in [0.1, 0.15) is 0 Å². The van der Waals surface area contributed by atoms with Crippen molar-refractivity contribution in [3.05, 3.63) is 35.9 Å². The molecule has 0 aromatic heterocycles. The normalized spacial score (nSPS) is 21.3. The van der Waals surface area contributed by atoms with Crippen LogP contribution in [0.25, 0.3) is 6.08 Å². The fourth-order valence-electron chi connectivity index (χ4n) is 3.15. The number of esters is 1. The average Bonchev–Trinajstić information content (AvgIpc) is 2.65. The molecule has 0 spiro atoms. The minimum Gasteiger partial charge on any atom is -0.463 e. The van der Waals surface area contributed by atoms with E-state index in [-0.39, 0.29) is 30.3 Å². The summed E-state index contributed by atoms with van der Waals surface area (Å²) in [6.45, 7) is 10.7. The summed E-state index contributed by atoms with van der Waals surface area (Å²) in [6.07, 6.45) is 3.47. The van der Waals surface area contributed by atoms with Crippen molar-refractivity contribution >= 4 is 23.8 Å². The molecule has 1 aromatic carbocycles. The molecule has 1 heterocycles. The first-order valence-corrected chi connectivity index (χ1v) is 9.76. The summed E-state index contributed by atoms with van der Waals surface area (Å²) in [7, 11) is 0. The van der Waals surface area contributed by atoms with Gasteiger partial charge in [0.25, 0.3) is 0 Å². The van der Waals surface area contributed by atoms with Crippen LogP contribution in [0.5, 0.6) is 0 Å². The Labute approximate surface area is 167 Å². The number of rotatable bonds is 7. The number of ether oxygens (including phenoxy) is 2. The van der Waals surface area contributed by atoms with Crippen LogP contribution in [0.2, 0.25) is 0 Å². The number of carbonyl (C=O) groups is 2. The third-order valence-electron chi connectivity index (χ3n) is 4.50. The summed E-state index contributed by atoms with van der Waals surface area (Å²) in [5, 5.41) is 5.74. The van der Waals surface area contributed by atoms with E-state index in [4.69, 9.17) is 9.47 Å². The molecule has 1 fully saturated rings. The molecule has 0 aliphatic carbocycles. The van der Waals surface area contributed by atoms with Crippen LogP contribution in [0.15, 0.2) is 30.3 Å². The topological polar surface area (TPSA) is 79.9 Å². The summed E-state index contributed by atoms with van der Waals surface area (Å²) in [4.78, 5) is 25.8. The van der Waals surface area contributed by atoms with Crippen LogP contribution in [0, 0.1) is 0 Å². The zero-order valence-corrected chi connectivity index (χ0v) is 17.1. The van der Waals surface area contributed by atoms with E-state index in [9.17, 15) is 9.59 Å². The van der Waals surface area contributed by atoms with Gasteiger partial charge in [0.2, 0.25) is 0 Å². The number of nitrogens with one attached hydrogen (secondary N) is 2. The predicted octanol–water partition coefficient (Wildman–Crippen LogP) is 2.88. The van der Waals surface area contributed by atoms with Gasteiger partial charge in [0.05, 0.1) is 18.8 Å². The molecule has 3 atom stereocenters. The van der Waals surface area contributed by atoms with Crippen LogP contribution in [0.4, 0.5) is 10.5 Å². The molecule has 7 heteroatoms. The van der Waals surface area contributed by atoms with Gasteiger partial charge in [-0.2, -0.15) is 0 Å². The molecule has 0 saturated carbocycles. The molecule has 28 heavy (non-hydrogen) atoms. The van der Waals surface area contributed by atoms with Crippen molar-refractivity contribution in [1.29, 1.82) is 0 Å². The molecule has 0 bridgehead atoms. The maximum Gasteiger partial charge on any atom is 0.330 e. The lowest BCUT2D eigenvalue weighted by molar-refractivity contribution is -0.137. The van der Waals surface area contributed by atoms with Gasteiger partial charge >= 0.3 is 12.0 Å². The number of anilines is 1. The quantitative estimate of drug-likeness (QED) is 0.554. The number of carbonyl (C=O) groups excluding carboxylic acids is 2. The number of nitrogens with zero attached hydrogens (tertiary/aromatic N) is 1. The molecule has 0 radical (unpaired) electrons. The van der Waals surface area contributed by atoms with Gasteiger partial charge in [-0.1, -0.05) is 12.1 Å². The van der Waals surface area contributed by atoms with Gasteiger partial charge in [0.15, 0.2) is 0 Å². The molecule has 7 nitrogen and oxygen atoms in total. The minimum atomic E-state index is -0.373. The van der Waals surface area contributed by atoms with Crippen molar-refractivity contribution in [2.45, 2.75) is 45.9 Å². The Bertz CT molecular complexity index is 665. The van der Waals surface area contributed by atoms with E-state index >= 15 is 0 Å². The summed E-state index contributed by atoms with van der Waals surface area (Å²) in [5.74, 6) is -0.373. The molecule has 1 saturated heterocycles. The van der Waals surface area contributed by atoms with E-state index in [1.54, 1.807) is 25.1 Å². The second-order valence-corrected chi connectivity index (χ2v) is 7.10. The number of urea groups is 1. The Balaban J connectivity index is 1.77. The van der Waals surface area contributed by atoms with E-state index in [1.807, 2.05) is 12.1 Å². The van der Waals surface area contributed by atoms with Gasteiger partial charge in [-0.15, -0.1) is 0 Å². The van der Waals surface area contributed by atoms with E-state index in [1.165, 1.54) is 6.08 Å². The van der Waals surface area contributed by atoms with Crippen molar-refractivity contribution < 1.29 is 19.1 Å². The van der Waals surface area contributed by atoms with Crippen LogP contribution in [-0.2, 0) is 14.3 Å². The van der Waals surface area contributed by atoms with E-state index in [0.717, 1.165) is 18.7 Å². The number of morpholine rings is 1. The monoisotopic (exact) mass is 389 g/mol. The van der Waals surface area contributed by atoms with E-state index in [2.05, 4.69) is 36.3 Å². The predicted molar refractivity (Wildman–Crippen MR) is 110 cm³/mol. The van der Waals surface area contributed by atoms with Crippen molar-refractivity contribution in [3.8, 4) is 0 Å². The Kier molecular flexibility index (Phi) is 8.47. The fourth-order valence-corrected chi connectivity index (χ4v) is 3.15. The summed E-state index contributed by atoms with van der Waals surface area (Å²) in [5.41, 5.74) is 1.54. The second-order valence-electron chi connectivity index (χ2n) is 7.10. The van der Waals surface area contributed by atoms with E-state index in [0.29, 0.717) is 18.8 Å². The molecule has 1 aromatic rings. The third kappa shape index (κ3) is 7.32. The highest BCUT2D eigenvalue weighted by Gasteiger charge is 2.25. The Morgan fingerprint density at radius 2 is 1.89 bits per heavy atom. The molecule has 0 unspecified atom stereocenters. The average molecular weight is 389 g/mol. The maximum absolute atomic E-state index is 12.2. The largest absolute Gasteiger partial charge is 0.463 e. The lowest BCUT2D eigenvalue weighted by atomic mass is 10.2. The summed E-state index contributed by atoms with van der Waals surface area (Å²) >= 11 is 0. The van der Waals surface area contributed by atoms with Crippen molar-refractivity contribution in [3.63, 3.8) is 0 Å². The summed E-state index contributed by atoms with van der Waals surface area (Å²) < 4.78 is 10.6. The van der Waals surface area contributed by atoms with Gasteiger partial charge < -0.3 is 20.1 Å². The molecule has 2 N–H and O–H groups in total. The van der Waals surface area contributed by atoms with Crippen molar-refractivity contribution in [2.24, 2.45) is 0 Å². The highest BCUT2D eigenvalue weighted by molar-refractivity contribution is 5.90. The SMILES string of the molecule is CCOC(=O)/C=C/c1ccc(NC(=O)NC[C@@H](C)N2C[C@@H](C)O[C@H](C)C2)cc1. The van der Waals surface area contributed by atoms with Crippen LogP contribution < -0.4 is 10.6 Å². The Morgan fingerprint density at radius 3 is 2.50 bits per heavy atom. The minimum absolute atomic E-state index is 0.205. The smallest absolute Gasteiger partial charge is 0.330 e. The van der Waals surface area contributed by atoms with Crippen LogP contribution in [0.3, 0.4) is 0 Å². The van der Waals surface area contributed by atoms with Crippen molar-refractivity contribution in [2.75, 3.05) is 31.6 Å². The highest BCUT2D eigenvalue weighted by Crippen LogP contribution is 2.14. The first-order valence-electron chi connectivity index (χ1n) is 9.76. The molecular formula is C21H31N3O4. The molecular weight excluding hydrogens is 358 g/mol. The Hall–Kier alpha value is -2.38. The van der Waals surface area contributed by atoms with E-state index < -0.39 is 0 Å². The molecule has 2 rings (SSSR count). The Morgan fingerprint density at radius 1 is 1.25 bits per heavy atom. The first-order chi connectivity index (χ1) is 13.4. The molecule has 2 amide bonds. The molecule has 154 valence electrons. The third-order valence-corrected chi connectivity index (χ3v) is 4.50. The lowest BCUT2D eigenvalue weighted by Crippen LogP contribution is -2.52. The maximum atomic E-state index is 12.2. The van der Waals surface area contributed by atoms with Crippen molar-refractivity contribution in [1.82, 2.24) is 10.2 Å². The number of hydrogen-bond acceptors (Lipinski definition) is 5. The number of hydrogen-bond donors (Lipinski definition) is 2. The molecule has 1 aliphatic rings. The lowest BCUT2D eigenvalue weighted by Gasteiger charge is -2.38.